The molecule has 1 atom stereocenters. The van der Waals surface area contributed by atoms with Gasteiger partial charge >= 0.3 is 0 Å². The van der Waals surface area contributed by atoms with E-state index in [9.17, 15) is 8.42 Å². The summed E-state index contributed by atoms with van der Waals surface area (Å²) in [6, 6.07) is 3.84. The summed E-state index contributed by atoms with van der Waals surface area (Å²) in [6.07, 6.45) is 3.42. The molecule has 0 spiro atoms. The van der Waals surface area contributed by atoms with E-state index in [2.05, 4.69) is 10.1 Å². The predicted molar refractivity (Wildman–Crippen MR) is 95.1 cm³/mol. The maximum atomic E-state index is 12.4. The molecule has 0 unspecified atom stereocenters. The van der Waals surface area contributed by atoms with Crippen molar-refractivity contribution in [3.05, 3.63) is 29.8 Å². The fourth-order valence-corrected chi connectivity index (χ4v) is 4.31. The first-order valence-corrected chi connectivity index (χ1v) is 9.70. The molecular weight excluding hydrogens is 340 g/mol. The molecule has 0 amide bonds. The lowest BCUT2D eigenvalue weighted by molar-refractivity contribution is 0.293. The molecule has 0 N–H and O–H groups in total. The van der Waals surface area contributed by atoms with Gasteiger partial charge in [0.2, 0.25) is 0 Å². The van der Waals surface area contributed by atoms with Gasteiger partial charge in [-0.2, -0.15) is 22.1 Å². The maximum absolute atomic E-state index is 12.4. The molecule has 1 aliphatic heterocycles. The molecule has 2 aromatic heterocycles. The van der Waals surface area contributed by atoms with E-state index in [0.29, 0.717) is 18.9 Å². The third-order valence-corrected chi connectivity index (χ3v) is 6.40. The average Bonchev–Trinajstić information content (AvgIpc) is 3.00. The predicted octanol–water partition coefficient (Wildman–Crippen LogP) is 1.17. The molecule has 1 fully saturated rings. The summed E-state index contributed by atoms with van der Waals surface area (Å²) in [5.41, 5.74) is 2.60. The maximum Gasteiger partial charge on any atom is 0.281 e. The number of aromatic nitrogens is 4. The monoisotopic (exact) mass is 364 g/mol. The van der Waals surface area contributed by atoms with E-state index in [-0.39, 0.29) is 5.92 Å². The van der Waals surface area contributed by atoms with Gasteiger partial charge in [-0.3, -0.25) is 4.68 Å². The van der Waals surface area contributed by atoms with Crippen LogP contribution in [0.4, 0.5) is 0 Å². The molecule has 0 aliphatic carbocycles. The standard InChI is InChI=1S/C16H24N6O2S/c1-12-10-14(15-7-8-17-21(15)4)19-16(18-12)13-6-5-9-22(11-13)25(23,24)20(2)3/h7-8,10,13H,5-6,9,11H2,1-4H3/t13-/m1/s1. The number of hydrogen-bond donors (Lipinski definition) is 0. The van der Waals surface area contributed by atoms with Crippen molar-refractivity contribution in [2.24, 2.45) is 7.05 Å². The van der Waals surface area contributed by atoms with Crippen molar-refractivity contribution in [3.63, 3.8) is 0 Å². The first-order valence-electron chi connectivity index (χ1n) is 8.30. The summed E-state index contributed by atoms with van der Waals surface area (Å²) >= 11 is 0. The molecule has 8 nitrogen and oxygen atoms in total. The Kier molecular flexibility index (Phi) is 4.90. The second-order valence-corrected chi connectivity index (χ2v) is 8.72. The third-order valence-electron chi connectivity index (χ3n) is 4.49. The lowest BCUT2D eigenvalue weighted by atomic mass is 9.98. The van der Waals surface area contributed by atoms with Crippen molar-refractivity contribution < 1.29 is 8.42 Å². The molecule has 0 bridgehead atoms. The molecule has 3 rings (SSSR count). The van der Waals surface area contributed by atoms with Gasteiger partial charge in [0.05, 0.1) is 11.4 Å². The van der Waals surface area contributed by atoms with Gasteiger partial charge < -0.3 is 0 Å². The van der Waals surface area contributed by atoms with Crippen LogP contribution in [-0.2, 0) is 17.3 Å². The lowest BCUT2D eigenvalue weighted by Gasteiger charge is -2.32. The average molecular weight is 364 g/mol. The Morgan fingerprint density at radius 2 is 2.04 bits per heavy atom. The Morgan fingerprint density at radius 3 is 2.68 bits per heavy atom. The molecule has 1 saturated heterocycles. The van der Waals surface area contributed by atoms with Crippen molar-refractivity contribution in [3.8, 4) is 11.4 Å². The molecule has 2 aromatic rings. The minimum Gasteiger partial charge on any atom is -0.266 e. The Hall–Kier alpha value is -1.84. The van der Waals surface area contributed by atoms with Crippen LogP contribution in [0.3, 0.4) is 0 Å². The Labute approximate surface area is 148 Å². The van der Waals surface area contributed by atoms with Gasteiger partial charge in [0, 0.05) is 52.0 Å². The van der Waals surface area contributed by atoms with Gasteiger partial charge in [-0.15, -0.1) is 0 Å². The zero-order valence-corrected chi connectivity index (χ0v) is 15.9. The molecule has 1 aliphatic rings. The van der Waals surface area contributed by atoms with Gasteiger partial charge in [-0.05, 0) is 31.9 Å². The second kappa shape index (κ2) is 6.81. The number of rotatable bonds is 4. The summed E-state index contributed by atoms with van der Waals surface area (Å²) in [4.78, 5) is 9.30. The highest BCUT2D eigenvalue weighted by molar-refractivity contribution is 7.86. The summed E-state index contributed by atoms with van der Waals surface area (Å²) in [5, 5.41) is 4.19. The lowest BCUT2D eigenvalue weighted by Crippen LogP contribution is -2.45. The quantitative estimate of drug-likeness (QED) is 0.813. The van der Waals surface area contributed by atoms with Crippen LogP contribution < -0.4 is 0 Å². The van der Waals surface area contributed by atoms with Gasteiger partial charge in [-0.1, -0.05) is 0 Å². The summed E-state index contributed by atoms with van der Waals surface area (Å²) in [7, 11) is 1.58. The van der Waals surface area contributed by atoms with Crippen molar-refractivity contribution in [2.75, 3.05) is 27.2 Å². The number of aryl methyl sites for hydroxylation is 2. The van der Waals surface area contributed by atoms with E-state index in [1.807, 2.05) is 26.1 Å². The minimum absolute atomic E-state index is 0.00430. The van der Waals surface area contributed by atoms with Gasteiger partial charge in [0.25, 0.3) is 10.2 Å². The van der Waals surface area contributed by atoms with E-state index in [1.165, 1.54) is 8.61 Å². The molecule has 9 heteroatoms. The summed E-state index contributed by atoms with van der Waals surface area (Å²) < 4.78 is 29.4. The smallest absolute Gasteiger partial charge is 0.266 e. The van der Waals surface area contributed by atoms with Crippen LogP contribution in [0.1, 0.15) is 30.3 Å². The van der Waals surface area contributed by atoms with E-state index >= 15 is 0 Å². The second-order valence-electron chi connectivity index (χ2n) is 6.58. The van der Waals surface area contributed by atoms with Gasteiger partial charge in [0.15, 0.2) is 0 Å². The first-order chi connectivity index (χ1) is 11.8. The van der Waals surface area contributed by atoms with Crippen LogP contribution in [0.2, 0.25) is 0 Å². The van der Waals surface area contributed by atoms with E-state index in [0.717, 1.165) is 29.9 Å². The Balaban J connectivity index is 1.91. The largest absolute Gasteiger partial charge is 0.281 e. The summed E-state index contributed by atoms with van der Waals surface area (Å²) in [5.74, 6) is 0.699. The van der Waals surface area contributed by atoms with Crippen molar-refractivity contribution in [2.45, 2.75) is 25.7 Å². The minimum atomic E-state index is -3.41. The van der Waals surface area contributed by atoms with E-state index in [4.69, 9.17) is 4.98 Å². The zero-order valence-electron chi connectivity index (χ0n) is 15.0. The zero-order chi connectivity index (χ0) is 18.2. The fourth-order valence-electron chi connectivity index (χ4n) is 3.12. The number of piperidine rings is 1. The Bertz CT molecular complexity index is 861. The molecule has 0 radical (unpaired) electrons. The van der Waals surface area contributed by atoms with E-state index < -0.39 is 10.2 Å². The topological polar surface area (TPSA) is 84.2 Å². The van der Waals surface area contributed by atoms with Crippen LogP contribution in [0.15, 0.2) is 18.3 Å². The number of nitrogens with zero attached hydrogens (tertiary/aromatic N) is 6. The molecule has 0 aromatic carbocycles. The van der Waals surface area contributed by atoms with E-state index in [1.54, 1.807) is 25.0 Å². The fraction of sp³-hybridized carbons (Fsp3) is 0.562. The van der Waals surface area contributed by atoms with Gasteiger partial charge in [0.1, 0.15) is 5.82 Å². The molecular formula is C16H24N6O2S. The van der Waals surface area contributed by atoms with Crippen LogP contribution in [0.25, 0.3) is 11.4 Å². The summed E-state index contributed by atoms with van der Waals surface area (Å²) in [6.45, 7) is 2.88. The molecule has 136 valence electrons. The highest BCUT2D eigenvalue weighted by Crippen LogP contribution is 2.28. The molecule has 25 heavy (non-hydrogen) atoms. The van der Waals surface area contributed by atoms with Crippen molar-refractivity contribution in [1.82, 2.24) is 28.4 Å². The van der Waals surface area contributed by atoms with Gasteiger partial charge in [-0.25, -0.2) is 9.97 Å². The normalized spacial score (nSPS) is 19.5. The number of hydrogen-bond acceptors (Lipinski definition) is 5. The molecule has 0 saturated carbocycles. The Morgan fingerprint density at radius 1 is 1.28 bits per heavy atom. The third kappa shape index (κ3) is 3.58. The van der Waals surface area contributed by atoms with Crippen LogP contribution >= 0.6 is 0 Å². The first kappa shape index (κ1) is 18.0. The SMILES string of the molecule is Cc1cc(-c2ccnn2C)nc([C@@H]2CCCN(S(=O)(=O)N(C)C)C2)n1. The van der Waals surface area contributed by atoms with Crippen LogP contribution in [-0.4, -0.2) is 64.0 Å². The van der Waals surface area contributed by atoms with Crippen molar-refractivity contribution >= 4 is 10.2 Å². The molecule has 3 heterocycles. The van der Waals surface area contributed by atoms with Crippen molar-refractivity contribution in [1.29, 1.82) is 0 Å². The highest BCUT2D eigenvalue weighted by Gasteiger charge is 2.32. The highest BCUT2D eigenvalue weighted by atomic mass is 32.2. The van der Waals surface area contributed by atoms with Crippen LogP contribution in [0, 0.1) is 6.92 Å². The van der Waals surface area contributed by atoms with Crippen LogP contribution in [0.5, 0.6) is 0 Å².